The van der Waals surface area contributed by atoms with Crippen molar-refractivity contribution in [2.45, 2.75) is 16.8 Å². The Morgan fingerprint density at radius 2 is 2.17 bits per heavy atom. The molecule has 0 bridgehead atoms. The number of carboxylic acids is 1. The number of carboxylic acid groups (broad SMARTS) is 1. The van der Waals surface area contributed by atoms with E-state index in [9.17, 15) is 9.90 Å². The van der Waals surface area contributed by atoms with Gasteiger partial charge in [0.1, 0.15) is 0 Å². The Labute approximate surface area is 149 Å². The molecular weight excluding hydrogens is 389 g/mol. The first-order chi connectivity index (χ1) is 11.6. The molecule has 0 aliphatic rings. The Balaban J connectivity index is 1.96. The molecule has 118 valence electrons. The first-order valence-corrected chi connectivity index (χ1v) is 9.43. The van der Waals surface area contributed by atoms with E-state index in [4.69, 9.17) is 6.57 Å². The second kappa shape index (κ2) is 7.02. The Hall–Kier alpha value is -2.39. The summed E-state index contributed by atoms with van der Waals surface area (Å²) in [5.41, 5.74) is 1.87. The average molecular weight is 400 g/mol. The molecule has 0 saturated heterocycles. The van der Waals surface area contributed by atoms with Crippen molar-refractivity contribution < 1.29 is 9.90 Å². The number of rotatable bonds is 4. The molecule has 0 radical (unpaired) electrons. The van der Waals surface area contributed by atoms with Crippen molar-refractivity contribution >= 4 is 37.9 Å². The molecule has 2 aromatic heterocycles. The maximum atomic E-state index is 11.2. The predicted molar refractivity (Wildman–Crippen MR) is 92.9 cm³/mol. The van der Waals surface area contributed by atoms with Gasteiger partial charge in [-0.15, -0.1) is 0 Å². The van der Waals surface area contributed by atoms with Crippen LogP contribution in [0.15, 0.2) is 52.5 Å². The minimum absolute atomic E-state index is 0.342. The van der Waals surface area contributed by atoms with Crippen molar-refractivity contribution in [2.75, 3.05) is 0 Å². The van der Waals surface area contributed by atoms with Crippen LogP contribution in [0, 0.1) is 13.5 Å². The Morgan fingerprint density at radius 3 is 2.79 bits per heavy atom. The molecular formula is C17H11N3O2SSe. The van der Waals surface area contributed by atoms with Crippen LogP contribution in [0.2, 0.25) is 0 Å². The third kappa shape index (κ3) is 3.41. The molecule has 0 fully saturated rings. The predicted octanol–water partition coefficient (Wildman–Crippen LogP) is 3.91. The van der Waals surface area contributed by atoms with Crippen LogP contribution in [0.1, 0.15) is 14.9 Å². The Bertz CT molecular complexity index is 948. The molecule has 0 aliphatic carbocycles. The van der Waals surface area contributed by atoms with Crippen LogP contribution in [0.3, 0.4) is 0 Å². The van der Waals surface area contributed by atoms with Gasteiger partial charge in [0, 0.05) is 0 Å². The Morgan fingerprint density at radius 1 is 1.33 bits per heavy atom. The zero-order valence-electron chi connectivity index (χ0n) is 12.6. The number of hydrogen-bond acceptors (Lipinski definition) is 4. The molecule has 1 N–H and O–H groups in total. The summed E-state index contributed by atoms with van der Waals surface area (Å²) in [4.78, 5) is 24.2. The molecule has 0 saturated carbocycles. The zero-order chi connectivity index (χ0) is 17.1. The molecule has 0 atom stereocenters. The summed E-state index contributed by atoms with van der Waals surface area (Å²) in [7, 11) is 0. The van der Waals surface area contributed by atoms with Gasteiger partial charge < -0.3 is 0 Å². The molecule has 3 aromatic rings. The molecule has 0 amide bonds. The first kappa shape index (κ1) is 16.5. The fourth-order valence-corrected chi connectivity index (χ4v) is 4.78. The van der Waals surface area contributed by atoms with Crippen molar-refractivity contribution in [3.63, 3.8) is 0 Å². The van der Waals surface area contributed by atoms with Crippen LogP contribution in [0.4, 0.5) is 5.69 Å². The van der Waals surface area contributed by atoms with Gasteiger partial charge in [-0.1, -0.05) is 0 Å². The number of pyridine rings is 1. The second-order valence-electron chi connectivity index (χ2n) is 4.80. The summed E-state index contributed by atoms with van der Waals surface area (Å²) in [6.07, 6.45) is 1.71. The van der Waals surface area contributed by atoms with Crippen molar-refractivity contribution in [2.24, 2.45) is 0 Å². The van der Waals surface area contributed by atoms with Crippen LogP contribution in [0.5, 0.6) is 0 Å². The fourth-order valence-electron chi connectivity index (χ4n) is 2.06. The summed E-state index contributed by atoms with van der Waals surface area (Å²) >= 11 is 1.09. The van der Waals surface area contributed by atoms with Gasteiger partial charge in [0.05, 0.1) is 0 Å². The van der Waals surface area contributed by atoms with Crippen LogP contribution in [-0.4, -0.2) is 35.5 Å². The number of aryl methyl sites for hydroxylation is 1. The minimum atomic E-state index is -0.918. The van der Waals surface area contributed by atoms with Gasteiger partial charge in [0.25, 0.3) is 0 Å². The van der Waals surface area contributed by atoms with E-state index in [1.807, 2.05) is 30.3 Å². The van der Waals surface area contributed by atoms with E-state index in [1.54, 1.807) is 19.2 Å². The van der Waals surface area contributed by atoms with E-state index in [0.29, 0.717) is 15.8 Å². The number of hydrogen-bond donors (Lipinski definition) is 1. The zero-order valence-corrected chi connectivity index (χ0v) is 15.1. The maximum absolute atomic E-state index is 11.2. The van der Waals surface area contributed by atoms with E-state index >= 15 is 0 Å². The summed E-state index contributed by atoms with van der Waals surface area (Å²) in [6.45, 7) is 9.12. The third-order valence-electron chi connectivity index (χ3n) is 3.17. The van der Waals surface area contributed by atoms with E-state index in [-0.39, 0.29) is 14.5 Å². The van der Waals surface area contributed by atoms with Gasteiger partial charge in [0.15, 0.2) is 0 Å². The Kier molecular flexibility index (Phi) is 4.81. The molecule has 5 nitrogen and oxygen atoms in total. The monoisotopic (exact) mass is 401 g/mol. The summed E-state index contributed by atoms with van der Waals surface area (Å²) in [6, 6.07) is 11.2. The number of aromatic carboxylic acids is 1. The van der Waals surface area contributed by atoms with E-state index < -0.39 is 5.97 Å². The molecule has 0 spiro atoms. The average Bonchev–Trinajstić information content (AvgIpc) is 2.98. The number of benzene rings is 1. The van der Waals surface area contributed by atoms with Crippen molar-refractivity contribution in [3.05, 3.63) is 64.1 Å². The van der Waals surface area contributed by atoms with Crippen molar-refractivity contribution in [3.8, 4) is 10.1 Å². The van der Waals surface area contributed by atoms with Gasteiger partial charge in [-0.2, -0.15) is 0 Å². The van der Waals surface area contributed by atoms with E-state index in [2.05, 4.69) is 14.8 Å². The van der Waals surface area contributed by atoms with Crippen molar-refractivity contribution in [1.29, 1.82) is 0 Å². The van der Waals surface area contributed by atoms with Crippen LogP contribution < -0.4 is 0 Å². The quantitative estimate of drug-likeness (QED) is 0.531. The number of carbonyl (C=O) groups is 1. The summed E-state index contributed by atoms with van der Waals surface area (Å²) in [5, 5.41) is 10.0. The first-order valence-electron chi connectivity index (χ1n) is 6.90. The van der Waals surface area contributed by atoms with E-state index in [0.717, 1.165) is 20.1 Å². The van der Waals surface area contributed by atoms with Crippen LogP contribution in [0.25, 0.3) is 15.0 Å². The van der Waals surface area contributed by atoms with Crippen LogP contribution >= 0.6 is 11.8 Å². The van der Waals surface area contributed by atoms with E-state index in [1.165, 1.54) is 11.8 Å². The normalized spacial score (nSPS) is 10.3. The summed E-state index contributed by atoms with van der Waals surface area (Å²) in [5.74, 6) is -0.918. The fraction of sp³-hybridized carbons (Fsp3) is 0.0588. The second-order valence-corrected chi connectivity index (χ2v) is 7.96. The molecule has 24 heavy (non-hydrogen) atoms. The molecule has 2 heterocycles. The van der Waals surface area contributed by atoms with Crippen LogP contribution in [-0.2, 0) is 0 Å². The molecule has 7 heteroatoms. The number of nitrogens with zero attached hydrogens (tertiary/aromatic N) is 3. The molecule has 1 aromatic carbocycles. The van der Waals surface area contributed by atoms with Gasteiger partial charge >= 0.3 is 149 Å². The summed E-state index contributed by atoms with van der Waals surface area (Å²) < 4.78 is 1.12. The SMILES string of the molecule is [C-]#[N+]c1cc(-c2nc(C)c(C(=O)O)[se]2)ccc1Sc1ccccn1. The molecule has 0 unspecified atom stereocenters. The van der Waals surface area contributed by atoms with Gasteiger partial charge in [-0.3, -0.25) is 0 Å². The molecule has 3 rings (SSSR count). The topological polar surface area (TPSA) is 67.4 Å². The van der Waals surface area contributed by atoms with Gasteiger partial charge in [-0.05, 0) is 0 Å². The van der Waals surface area contributed by atoms with Gasteiger partial charge in [0.2, 0.25) is 0 Å². The van der Waals surface area contributed by atoms with Gasteiger partial charge in [-0.25, -0.2) is 0 Å². The number of aromatic nitrogens is 2. The van der Waals surface area contributed by atoms with Crippen molar-refractivity contribution in [1.82, 2.24) is 9.97 Å². The standard InChI is InChI=1S/C17H11N3O2SSe/c1-10-15(17(21)22)24-16(20-10)11-6-7-13(12(9-11)18-2)23-14-5-3-4-8-19-14/h3-9H,1H3,(H,21,22). The third-order valence-corrected chi connectivity index (χ3v) is 6.69. The molecule has 0 aliphatic heterocycles.